The molecule has 2 aromatic carbocycles. The van der Waals surface area contributed by atoms with Gasteiger partial charge in [-0.2, -0.15) is 0 Å². The number of hydrogen-bond donors (Lipinski definition) is 1. The molecule has 1 aliphatic rings. The molecule has 27 heavy (non-hydrogen) atoms. The highest BCUT2D eigenvalue weighted by atomic mass is 16.1. The van der Waals surface area contributed by atoms with E-state index in [1.54, 1.807) is 0 Å². The summed E-state index contributed by atoms with van der Waals surface area (Å²) in [5, 5.41) is 3.27. The standard InChI is InChI=1S/C23H23N3O/c1-14-4-8-17(9-5-14)18-12-20-22(21(27)13-18)16(3)24-23(26-20)25-19-10-6-15(2)7-11-19/h4-11,18H,12-13H2,1-3H3,(H,24,25,26)/t18-/m0/s1. The average Bonchev–Trinajstić information content (AvgIpc) is 2.63. The second kappa shape index (κ2) is 6.95. The smallest absolute Gasteiger partial charge is 0.227 e. The lowest BCUT2D eigenvalue weighted by Crippen LogP contribution is -2.22. The van der Waals surface area contributed by atoms with Crippen molar-refractivity contribution in [2.75, 3.05) is 5.32 Å². The molecule has 0 saturated carbocycles. The Morgan fingerprint density at radius 1 is 0.852 bits per heavy atom. The molecule has 0 saturated heterocycles. The first-order chi connectivity index (χ1) is 13.0. The molecule has 0 fully saturated rings. The zero-order valence-electron chi connectivity index (χ0n) is 15.9. The summed E-state index contributed by atoms with van der Waals surface area (Å²) in [5.74, 6) is 0.862. The zero-order valence-corrected chi connectivity index (χ0v) is 15.9. The normalized spacial score (nSPS) is 16.1. The van der Waals surface area contributed by atoms with E-state index in [0.717, 1.165) is 23.5 Å². The fraction of sp³-hybridized carbons (Fsp3) is 0.261. The highest BCUT2D eigenvalue weighted by molar-refractivity contribution is 5.99. The number of fused-ring (bicyclic) bond motifs is 1. The van der Waals surface area contributed by atoms with Gasteiger partial charge in [-0.15, -0.1) is 0 Å². The first-order valence-electron chi connectivity index (χ1n) is 9.30. The van der Waals surface area contributed by atoms with Crippen LogP contribution in [0.15, 0.2) is 48.5 Å². The summed E-state index contributed by atoms with van der Waals surface area (Å²) >= 11 is 0. The van der Waals surface area contributed by atoms with Gasteiger partial charge in [-0.3, -0.25) is 4.79 Å². The molecule has 1 aliphatic carbocycles. The van der Waals surface area contributed by atoms with Crippen molar-refractivity contribution in [3.63, 3.8) is 0 Å². The highest BCUT2D eigenvalue weighted by Crippen LogP contribution is 2.33. The van der Waals surface area contributed by atoms with Crippen molar-refractivity contribution < 1.29 is 4.79 Å². The molecule has 0 amide bonds. The largest absolute Gasteiger partial charge is 0.324 e. The van der Waals surface area contributed by atoms with Gasteiger partial charge in [-0.1, -0.05) is 47.5 Å². The van der Waals surface area contributed by atoms with E-state index < -0.39 is 0 Å². The molecule has 1 aromatic heterocycles. The summed E-state index contributed by atoms with van der Waals surface area (Å²) in [6.45, 7) is 6.02. The third-order valence-corrected chi connectivity index (χ3v) is 5.17. The van der Waals surface area contributed by atoms with Gasteiger partial charge in [0.25, 0.3) is 0 Å². The van der Waals surface area contributed by atoms with Crippen molar-refractivity contribution in [2.45, 2.75) is 39.5 Å². The van der Waals surface area contributed by atoms with Gasteiger partial charge in [-0.25, -0.2) is 9.97 Å². The van der Waals surface area contributed by atoms with Crippen LogP contribution in [0.5, 0.6) is 0 Å². The molecule has 0 spiro atoms. The molecule has 0 aliphatic heterocycles. The Hall–Kier alpha value is -3.01. The second-order valence-corrected chi connectivity index (χ2v) is 7.38. The number of anilines is 2. The van der Waals surface area contributed by atoms with Crippen LogP contribution in [-0.2, 0) is 6.42 Å². The van der Waals surface area contributed by atoms with E-state index in [1.807, 2.05) is 31.2 Å². The Balaban J connectivity index is 1.65. The number of aryl methyl sites for hydroxylation is 3. The molecule has 4 nitrogen and oxygen atoms in total. The van der Waals surface area contributed by atoms with Crippen LogP contribution in [-0.4, -0.2) is 15.8 Å². The second-order valence-electron chi connectivity index (χ2n) is 7.38. The third kappa shape index (κ3) is 3.61. The lowest BCUT2D eigenvalue weighted by Gasteiger charge is -2.24. The Kier molecular flexibility index (Phi) is 4.48. The average molecular weight is 357 g/mol. The quantitative estimate of drug-likeness (QED) is 0.712. The summed E-state index contributed by atoms with van der Waals surface area (Å²) < 4.78 is 0. The van der Waals surface area contributed by atoms with Crippen LogP contribution in [0.3, 0.4) is 0 Å². The van der Waals surface area contributed by atoms with Crippen LogP contribution in [0.1, 0.15) is 50.8 Å². The van der Waals surface area contributed by atoms with Crippen molar-refractivity contribution in [1.82, 2.24) is 9.97 Å². The van der Waals surface area contributed by atoms with Gasteiger partial charge in [0.1, 0.15) is 0 Å². The van der Waals surface area contributed by atoms with Gasteiger partial charge in [0.05, 0.1) is 17.0 Å². The molecule has 1 N–H and O–H groups in total. The predicted molar refractivity (Wildman–Crippen MR) is 108 cm³/mol. The Labute approximate surface area is 159 Å². The Morgan fingerprint density at radius 2 is 1.48 bits per heavy atom. The van der Waals surface area contributed by atoms with Crippen LogP contribution in [0, 0.1) is 20.8 Å². The van der Waals surface area contributed by atoms with Crippen molar-refractivity contribution in [3.8, 4) is 0 Å². The van der Waals surface area contributed by atoms with Crippen molar-refractivity contribution in [2.24, 2.45) is 0 Å². The summed E-state index contributed by atoms with van der Waals surface area (Å²) in [5.41, 5.74) is 6.87. The van der Waals surface area contributed by atoms with Crippen LogP contribution in [0.4, 0.5) is 11.6 Å². The summed E-state index contributed by atoms with van der Waals surface area (Å²) in [6.07, 6.45) is 1.28. The number of hydrogen-bond acceptors (Lipinski definition) is 4. The highest BCUT2D eigenvalue weighted by Gasteiger charge is 2.29. The van der Waals surface area contributed by atoms with E-state index in [1.165, 1.54) is 16.7 Å². The Morgan fingerprint density at radius 3 is 2.15 bits per heavy atom. The molecular formula is C23H23N3O. The fourth-order valence-electron chi connectivity index (χ4n) is 3.67. The first-order valence-corrected chi connectivity index (χ1v) is 9.30. The monoisotopic (exact) mass is 357 g/mol. The molecule has 4 rings (SSSR count). The SMILES string of the molecule is Cc1ccc(Nc2nc(C)c3c(n2)C[C@H](c2ccc(C)cc2)CC3=O)cc1. The van der Waals surface area contributed by atoms with Crippen LogP contribution < -0.4 is 5.32 Å². The van der Waals surface area contributed by atoms with Crippen molar-refractivity contribution in [1.29, 1.82) is 0 Å². The van der Waals surface area contributed by atoms with E-state index in [2.05, 4.69) is 48.4 Å². The minimum absolute atomic E-state index is 0.140. The van der Waals surface area contributed by atoms with Gasteiger partial charge < -0.3 is 5.32 Å². The lowest BCUT2D eigenvalue weighted by atomic mass is 9.81. The van der Waals surface area contributed by atoms with E-state index in [9.17, 15) is 4.79 Å². The number of aromatic nitrogens is 2. The molecule has 0 bridgehead atoms. The minimum Gasteiger partial charge on any atom is -0.324 e. The molecule has 3 aromatic rings. The predicted octanol–water partition coefficient (Wildman–Crippen LogP) is 5.06. The van der Waals surface area contributed by atoms with Gasteiger partial charge in [0.2, 0.25) is 5.95 Å². The molecule has 4 heteroatoms. The summed E-state index contributed by atoms with van der Waals surface area (Å²) in [6, 6.07) is 16.6. The third-order valence-electron chi connectivity index (χ3n) is 5.17. The molecular weight excluding hydrogens is 334 g/mol. The van der Waals surface area contributed by atoms with Crippen LogP contribution >= 0.6 is 0 Å². The Bertz CT molecular complexity index is 991. The maximum absolute atomic E-state index is 12.8. The van der Waals surface area contributed by atoms with Crippen LogP contribution in [0.25, 0.3) is 0 Å². The maximum Gasteiger partial charge on any atom is 0.227 e. The number of carbonyl (C=O) groups is 1. The first kappa shape index (κ1) is 17.4. The number of benzene rings is 2. The number of carbonyl (C=O) groups excluding carboxylic acids is 1. The van der Waals surface area contributed by atoms with Gasteiger partial charge in [-0.05, 0) is 50.8 Å². The number of Topliss-reactive ketones (excluding diaryl/α,β-unsaturated/α-hetero) is 1. The summed E-state index contributed by atoms with van der Waals surface area (Å²) in [7, 11) is 0. The summed E-state index contributed by atoms with van der Waals surface area (Å²) in [4.78, 5) is 22.0. The maximum atomic E-state index is 12.8. The zero-order chi connectivity index (χ0) is 19.0. The molecule has 0 unspecified atom stereocenters. The van der Waals surface area contributed by atoms with Crippen LogP contribution in [0.2, 0.25) is 0 Å². The van der Waals surface area contributed by atoms with E-state index in [0.29, 0.717) is 17.9 Å². The number of ketones is 1. The molecule has 136 valence electrons. The van der Waals surface area contributed by atoms with E-state index in [4.69, 9.17) is 4.98 Å². The number of rotatable bonds is 3. The van der Waals surface area contributed by atoms with E-state index >= 15 is 0 Å². The van der Waals surface area contributed by atoms with Gasteiger partial charge in [0.15, 0.2) is 5.78 Å². The number of nitrogens with one attached hydrogen (secondary N) is 1. The van der Waals surface area contributed by atoms with Gasteiger partial charge in [0, 0.05) is 12.1 Å². The topological polar surface area (TPSA) is 54.9 Å². The lowest BCUT2D eigenvalue weighted by molar-refractivity contribution is 0.0962. The minimum atomic E-state index is 0.140. The molecule has 0 radical (unpaired) electrons. The van der Waals surface area contributed by atoms with Crippen molar-refractivity contribution >= 4 is 17.4 Å². The van der Waals surface area contributed by atoms with Gasteiger partial charge >= 0.3 is 0 Å². The fourth-order valence-corrected chi connectivity index (χ4v) is 3.67. The number of nitrogens with zero attached hydrogens (tertiary/aromatic N) is 2. The molecule has 1 heterocycles. The van der Waals surface area contributed by atoms with E-state index in [-0.39, 0.29) is 11.7 Å². The molecule has 1 atom stereocenters. The van der Waals surface area contributed by atoms with Crippen molar-refractivity contribution in [3.05, 3.63) is 82.2 Å².